The van der Waals surface area contributed by atoms with Gasteiger partial charge in [-0.15, -0.1) is 0 Å². The molecule has 11 atom stereocenters. The summed E-state index contributed by atoms with van der Waals surface area (Å²) in [7, 11) is 0. The highest BCUT2D eigenvalue weighted by Gasteiger charge is 2.59. The molecule has 0 aromatic carbocycles. The van der Waals surface area contributed by atoms with Gasteiger partial charge < -0.3 is 10.1 Å². The van der Waals surface area contributed by atoms with Crippen LogP contribution in [0.5, 0.6) is 0 Å². The molecule has 174 valence electrons. The van der Waals surface area contributed by atoms with Crippen LogP contribution in [0.25, 0.3) is 0 Å². The molecule has 2 nitrogen and oxygen atoms in total. The van der Waals surface area contributed by atoms with Crippen LogP contribution in [-0.4, -0.2) is 24.3 Å². The predicted octanol–water partition coefficient (Wildman–Crippen LogP) is 6.75. The largest absolute Gasteiger partial charge is 0.369 e. The summed E-state index contributed by atoms with van der Waals surface area (Å²) in [5, 5.41) is 3.88. The predicted molar refractivity (Wildman–Crippen MR) is 128 cm³/mol. The van der Waals surface area contributed by atoms with Crippen LogP contribution in [0.1, 0.15) is 98.8 Å². The summed E-state index contributed by atoms with van der Waals surface area (Å²) in [6, 6.07) is 0.582. The number of ether oxygens (including phenoxy) is 1. The third-order valence-electron chi connectivity index (χ3n) is 11.9. The standard InChI is InChI=1S/C29H47NO/c1-17-8-10-28(5)21(12-17)6-7-23-22-9-11-29(15-19(3)24(22)14-25(23)28)20(4)27-26(31-29)13-18(2)16-30-27/h17-18,20-23,25-27,30H,6-16H2,1-5H3/t17-,18-,20+,21+,22-,23?,25-,26+,27-,28-,29-/m0/s1. The maximum atomic E-state index is 7.05. The first-order valence-corrected chi connectivity index (χ1v) is 13.9. The van der Waals surface area contributed by atoms with E-state index in [-0.39, 0.29) is 5.60 Å². The topological polar surface area (TPSA) is 21.3 Å². The molecular weight excluding hydrogens is 378 g/mol. The van der Waals surface area contributed by atoms with Gasteiger partial charge in [0.05, 0.1) is 11.7 Å². The molecule has 1 unspecified atom stereocenters. The van der Waals surface area contributed by atoms with Crippen LogP contribution in [0.2, 0.25) is 0 Å². The van der Waals surface area contributed by atoms with Gasteiger partial charge in [-0.1, -0.05) is 45.3 Å². The van der Waals surface area contributed by atoms with E-state index in [0.717, 1.165) is 35.5 Å². The SMILES string of the molecule is CC1=C2C[C@H]3C(CC[C@@H]4C[C@@H](C)CC[C@@]43C)[C@@H]2CC[C@@]2(C1)O[C@@H]1C[C@H](C)CN[C@H]1[C@H]2C. The van der Waals surface area contributed by atoms with E-state index in [1.54, 1.807) is 5.57 Å². The third-order valence-corrected chi connectivity index (χ3v) is 11.9. The van der Waals surface area contributed by atoms with Gasteiger partial charge in [0.25, 0.3) is 0 Å². The first-order chi connectivity index (χ1) is 14.8. The van der Waals surface area contributed by atoms with Crippen LogP contribution >= 0.6 is 0 Å². The van der Waals surface area contributed by atoms with E-state index >= 15 is 0 Å². The lowest BCUT2D eigenvalue weighted by molar-refractivity contribution is -0.0751. The fourth-order valence-corrected chi connectivity index (χ4v) is 10.0. The van der Waals surface area contributed by atoms with Crippen molar-refractivity contribution in [3.8, 4) is 0 Å². The lowest BCUT2D eigenvalue weighted by Crippen LogP contribution is -2.48. The molecule has 6 aliphatic rings. The summed E-state index contributed by atoms with van der Waals surface area (Å²) in [6.07, 6.45) is 14.5. The molecule has 1 N–H and O–H groups in total. The quantitative estimate of drug-likeness (QED) is 0.434. The molecule has 0 radical (unpaired) electrons. The Kier molecular flexibility index (Phi) is 5.01. The second kappa shape index (κ2) is 7.33. The van der Waals surface area contributed by atoms with Crippen molar-refractivity contribution in [1.29, 1.82) is 0 Å². The Bertz CT molecular complexity index is 758. The first-order valence-electron chi connectivity index (χ1n) is 13.9. The van der Waals surface area contributed by atoms with Gasteiger partial charge in [-0.25, -0.2) is 0 Å². The van der Waals surface area contributed by atoms with E-state index in [9.17, 15) is 0 Å². The molecule has 2 saturated heterocycles. The fourth-order valence-electron chi connectivity index (χ4n) is 10.0. The molecule has 3 saturated carbocycles. The van der Waals surface area contributed by atoms with E-state index in [1.807, 2.05) is 5.57 Å². The molecule has 0 bridgehead atoms. The van der Waals surface area contributed by atoms with Gasteiger partial charge >= 0.3 is 0 Å². The Morgan fingerprint density at radius 1 is 0.968 bits per heavy atom. The van der Waals surface area contributed by atoms with Crippen molar-refractivity contribution in [3.05, 3.63) is 11.1 Å². The first kappa shape index (κ1) is 21.2. The van der Waals surface area contributed by atoms with Crippen molar-refractivity contribution < 1.29 is 4.74 Å². The molecule has 2 aliphatic heterocycles. The van der Waals surface area contributed by atoms with E-state index in [0.29, 0.717) is 23.5 Å². The Labute approximate surface area is 191 Å². The van der Waals surface area contributed by atoms with Gasteiger partial charge in [-0.05, 0) is 112 Å². The van der Waals surface area contributed by atoms with Gasteiger partial charge in [-0.3, -0.25) is 0 Å². The van der Waals surface area contributed by atoms with Crippen LogP contribution in [0.4, 0.5) is 0 Å². The smallest absolute Gasteiger partial charge is 0.0765 e. The van der Waals surface area contributed by atoms with Crippen LogP contribution in [0.15, 0.2) is 11.1 Å². The van der Waals surface area contributed by atoms with Crippen molar-refractivity contribution >= 4 is 0 Å². The molecule has 31 heavy (non-hydrogen) atoms. The molecule has 2 heteroatoms. The Morgan fingerprint density at radius 2 is 1.81 bits per heavy atom. The molecule has 4 aliphatic carbocycles. The average molecular weight is 426 g/mol. The second-order valence-electron chi connectivity index (χ2n) is 13.5. The average Bonchev–Trinajstić information content (AvgIpc) is 3.19. The van der Waals surface area contributed by atoms with Crippen molar-refractivity contribution in [2.45, 2.75) is 117 Å². The van der Waals surface area contributed by atoms with Gasteiger partial charge in [-0.2, -0.15) is 0 Å². The number of nitrogens with one attached hydrogen (secondary N) is 1. The van der Waals surface area contributed by atoms with Crippen molar-refractivity contribution in [1.82, 2.24) is 5.32 Å². The summed E-state index contributed by atoms with van der Waals surface area (Å²) in [4.78, 5) is 0. The highest BCUT2D eigenvalue weighted by Crippen LogP contribution is 2.65. The van der Waals surface area contributed by atoms with E-state index in [2.05, 4.69) is 39.9 Å². The van der Waals surface area contributed by atoms with Crippen molar-refractivity contribution in [2.75, 3.05) is 6.54 Å². The number of hydrogen-bond donors (Lipinski definition) is 1. The third kappa shape index (κ3) is 3.09. The van der Waals surface area contributed by atoms with Crippen LogP contribution < -0.4 is 5.32 Å². The zero-order chi connectivity index (χ0) is 21.5. The minimum Gasteiger partial charge on any atom is -0.369 e. The highest BCUT2D eigenvalue weighted by atomic mass is 16.5. The monoisotopic (exact) mass is 425 g/mol. The molecular formula is C29H47NO. The summed E-state index contributed by atoms with van der Waals surface area (Å²) < 4.78 is 7.05. The number of allylic oxidation sites excluding steroid dienone is 1. The Hall–Kier alpha value is -0.340. The summed E-state index contributed by atoms with van der Waals surface area (Å²) in [5.74, 6) is 6.16. The molecule has 1 spiro atoms. The number of hydrogen-bond acceptors (Lipinski definition) is 2. The molecule has 0 aromatic heterocycles. The minimum atomic E-state index is 0.102. The highest BCUT2D eigenvalue weighted by molar-refractivity contribution is 5.29. The van der Waals surface area contributed by atoms with E-state index < -0.39 is 0 Å². The molecule has 2 heterocycles. The van der Waals surface area contributed by atoms with Crippen LogP contribution in [0, 0.1) is 46.8 Å². The van der Waals surface area contributed by atoms with Gasteiger partial charge in [0.15, 0.2) is 0 Å². The zero-order valence-corrected chi connectivity index (χ0v) is 20.9. The molecule has 0 amide bonds. The lowest BCUT2D eigenvalue weighted by Gasteiger charge is -2.54. The van der Waals surface area contributed by atoms with Crippen LogP contribution in [0.3, 0.4) is 0 Å². The normalized spacial score (nSPS) is 56.6. The summed E-state index contributed by atoms with van der Waals surface area (Å²) in [5.41, 5.74) is 4.36. The van der Waals surface area contributed by atoms with Gasteiger partial charge in [0.2, 0.25) is 0 Å². The zero-order valence-electron chi connectivity index (χ0n) is 20.9. The number of piperidine rings is 1. The van der Waals surface area contributed by atoms with Crippen molar-refractivity contribution in [3.63, 3.8) is 0 Å². The van der Waals surface area contributed by atoms with E-state index in [1.165, 1.54) is 70.8 Å². The van der Waals surface area contributed by atoms with Crippen molar-refractivity contribution in [2.24, 2.45) is 46.8 Å². The van der Waals surface area contributed by atoms with Gasteiger partial charge in [0, 0.05) is 12.0 Å². The summed E-state index contributed by atoms with van der Waals surface area (Å²) >= 11 is 0. The molecule has 5 fully saturated rings. The lowest BCUT2D eigenvalue weighted by atomic mass is 9.51. The Balaban J connectivity index is 1.27. The van der Waals surface area contributed by atoms with Crippen LogP contribution in [-0.2, 0) is 4.74 Å². The fraction of sp³-hybridized carbons (Fsp3) is 0.931. The van der Waals surface area contributed by atoms with Gasteiger partial charge in [0.1, 0.15) is 0 Å². The Morgan fingerprint density at radius 3 is 2.65 bits per heavy atom. The maximum Gasteiger partial charge on any atom is 0.0765 e. The molecule has 0 aromatic rings. The minimum absolute atomic E-state index is 0.102. The maximum absolute atomic E-state index is 7.05. The molecule has 6 rings (SSSR count). The van der Waals surface area contributed by atoms with E-state index in [4.69, 9.17) is 4.74 Å². The second-order valence-corrected chi connectivity index (χ2v) is 13.5. The summed E-state index contributed by atoms with van der Waals surface area (Å²) in [6.45, 7) is 13.8. The number of fused-ring (bicyclic) bond motifs is 6. The number of rotatable bonds is 0.